The van der Waals surface area contributed by atoms with E-state index < -0.39 is 0 Å². The van der Waals surface area contributed by atoms with E-state index >= 15 is 0 Å². The molecule has 2 N–H and O–H groups in total. The summed E-state index contributed by atoms with van der Waals surface area (Å²) in [6, 6.07) is 7.44. The smallest absolute Gasteiger partial charge is 0.227 e. The maximum Gasteiger partial charge on any atom is 0.227 e. The second kappa shape index (κ2) is 8.29. The van der Waals surface area contributed by atoms with E-state index in [0.717, 1.165) is 25.1 Å². The molecule has 1 atom stereocenters. The number of hydrogen-bond acceptors (Lipinski definition) is 5. The molecule has 1 aromatic heterocycles. The molecule has 0 spiro atoms. The second-order valence-corrected chi connectivity index (χ2v) is 5.71. The fourth-order valence-electron chi connectivity index (χ4n) is 2.37. The Hall–Kier alpha value is -1.63. The summed E-state index contributed by atoms with van der Waals surface area (Å²) in [7, 11) is 0. The summed E-state index contributed by atoms with van der Waals surface area (Å²) in [5.41, 5.74) is 0.834. The third kappa shape index (κ3) is 4.92. The zero-order valence-electron chi connectivity index (χ0n) is 12.4. The van der Waals surface area contributed by atoms with E-state index in [2.05, 4.69) is 20.8 Å². The number of halogens is 2. The first-order valence-corrected chi connectivity index (χ1v) is 7.67. The van der Waals surface area contributed by atoms with Gasteiger partial charge in [-0.05, 0) is 37.2 Å². The molecule has 3 rings (SSSR count). The standard InChI is InChI=1S/C15H17ClN4O2.ClH/c16-11-3-1-10(2-4-11)15-19-14(22-20-15)6-5-13(21)18-12-7-8-17-9-12;/h1-4,12,17H,5-9H2,(H,18,21);1H. The first-order valence-electron chi connectivity index (χ1n) is 7.29. The molecule has 0 radical (unpaired) electrons. The van der Waals surface area contributed by atoms with Crippen molar-refractivity contribution in [1.82, 2.24) is 20.8 Å². The zero-order valence-corrected chi connectivity index (χ0v) is 14.0. The van der Waals surface area contributed by atoms with Crippen LogP contribution in [0.1, 0.15) is 18.7 Å². The minimum absolute atomic E-state index is 0. The molecule has 1 aromatic carbocycles. The van der Waals surface area contributed by atoms with E-state index in [-0.39, 0.29) is 24.4 Å². The molecule has 1 amide bonds. The summed E-state index contributed by atoms with van der Waals surface area (Å²) in [4.78, 5) is 16.1. The van der Waals surface area contributed by atoms with Gasteiger partial charge in [0.1, 0.15) is 0 Å². The van der Waals surface area contributed by atoms with Gasteiger partial charge >= 0.3 is 0 Å². The van der Waals surface area contributed by atoms with E-state index in [1.807, 2.05) is 12.1 Å². The Morgan fingerprint density at radius 2 is 2.17 bits per heavy atom. The molecule has 1 saturated heterocycles. The molecule has 1 aliphatic heterocycles. The Kier molecular flexibility index (Phi) is 6.38. The van der Waals surface area contributed by atoms with E-state index in [9.17, 15) is 4.79 Å². The van der Waals surface area contributed by atoms with Crippen LogP contribution in [0.25, 0.3) is 11.4 Å². The molecule has 1 unspecified atom stereocenters. The van der Waals surface area contributed by atoms with Gasteiger partial charge in [0.15, 0.2) is 0 Å². The molecule has 0 bridgehead atoms. The van der Waals surface area contributed by atoms with Gasteiger partial charge in [-0.2, -0.15) is 4.98 Å². The van der Waals surface area contributed by atoms with Crippen LogP contribution in [0.2, 0.25) is 5.02 Å². The summed E-state index contributed by atoms with van der Waals surface area (Å²) in [6.45, 7) is 1.80. The first kappa shape index (κ1) is 17.7. The van der Waals surface area contributed by atoms with Crippen molar-refractivity contribution in [3.63, 3.8) is 0 Å². The quantitative estimate of drug-likeness (QED) is 0.858. The van der Waals surface area contributed by atoms with Crippen LogP contribution in [-0.2, 0) is 11.2 Å². The number of nitrogens with zero attached hydrogens (tertiary/aromatic N) is 2. The number of amides is 1. The molecule has 8 heteroatoms. The average molecular weight is 357 g/mol. The SMILES string of the molecule is Cl.O=C(CCc1nc(-c2ccc(Cl)cc2)no1)NC1CCNC1. The highest BCUT2D eigenvalue weighted by Gasteiger charge is 2.17. The highest BCUT2D eigenvalue weighted by atomic mass is 35.5. The molecular weight excluding hydrogens is 339 g/mol. The highest BCUT2D eigenvalue weighted by Crippen LogP contribution is 2.18. The van der Waals surface area contributed by atoms with Gasteiger partial charge in [0.05, 0.1) is 0 Å². The number of hydrogen-bond donors (Lipinski definition) is 2. The minimum Gasteiger partial charge on any atom is -0.352 e. The Bertz CT molecular complexity index is 639. The lowest BCUT2D eigenvalue weighted by Gasteiger charge is -2.10. The van der Waals surface area contributed by atoms with Crippen LogP contribution in [0, 0.1) is 0 Å². The third-order valence-electron chi connectivity index (χ3n) is 3.56. The molecule has 124 valence electrons. The monoisotopic (exact) mass is 356 g/mol. The number of benzene rings is 1. The molecule has 0 saturated carbocycles. The lowest BCUT2D eigenvalue weighted by Crippen LogP contribution is -2.36. The summed E-state index contributed by atoms with van der Waals surface area (Å²) >= 11 is 5.85. The van der Waals surface area contributed by atoms with Crippen molar-refractivity contribution in [2.75, 3.05) is 13.1 Å². The number of aryl methyl sites for hydroxylation is 1. The van der Waals surface area contributed by atoms with Gasteiger partial charge in [-0.15, -0.1) is 12.4 Å². The van der Waals surface area contributed by atoms with Crippen molar-refractivity contribution >= 4 is 29.9 Å². The molecule has 6 nitrogen and oxygen atoms in total. The molecule has 2 aromatic rings. The van der Waals surface area contributed by atoms with Crippen molar-refractivity contribution < 1.29 is 9.32 Å². The van der Waals surface area contributed by atoms with Crippen LogP contribution >= 0.6 is 24.0 Å². The largest absolute Gasteiger partial charge is 0.352 e. The van der Waals surface area contributed by atoms with Gasteiger partial charge in [-0.1, -0.05) is 16.8 Å². The van der Waals surface area contributed by atoms with E-state index in [1.165, 1.54) is 0 Å². The first-order chi connectivity index (χ1) is 10.7. The second-order valence-electron chi connectivity index (χ2n) is 5.28. The van der Waals surface area contributed by atoms with Crippen molar-refractivity contribution in [2.45, 2.75) is 25.3 Å². The van der Waals surface area contributed by atoms with Crippen LogP contribution in [0.5, 0.6) is 0 Å². The number of nitrogens with one attached hydrogen (secondary N) is 2. The molecule has 2 heterocycles. The van der Waals surface area contributed by atoms with Crippen LogP contribution in [-0.4, -0.2) is 35.2 Å². The topological polar surface area (TPSA) is 80.0 Å². The van der Waals surface area contributed by atoms with Crippen LogP contribution in [0.3, 0.4) is 0 Å². The molecule has 1 fully saturated rings. The molecule has 0 aliphatic carbocycles. The average Bonchev–Trinajstić information content (AvgIpc) is 3.17. The lowest BCUT2D eigenvalue weighted by molar-refractivity contribution is -0.121. The Balaban J connectivity index is 0.00000192. The summed E-state index contributed by atoms with van der Waals surface area (Å²) in [5, 5.41) is 10.8. The van der Waals surface area contributed by atoms with E-state index in [4.69, 9.17) is 16.1 Å². The zero-order chi connectivity index (χ0) is 15.4. The molecule has 23 heavy (non-hydrogen) atoms. The van der Waals surface area contributed by atoms with Crippen LogP contribution in [0.15, 0.2) is 28.8 Å². The van der Waals surface area contributed by atoms with Gasteiger partial charge < -0.3 is 15.2 Å². The molecule has 1 aliphatic rings. The summed E-state index contributed by atoms with van der Waals surface area (Å²) in [5.74, 6) is 0.983. The minimum atomic E-state index is 0. The van der Waals surface area contributed by atoms with Gasteiger partial charge in [0.25, 0.3) is 0 Å². The maximum absolute atomic E-state index is 11.8. The highest BCUT2D eigenvalue weighted by molar-refractivity contribution is 6.30. The molecular formula is C15H18Cl2N4O2. The Morgan fingerprint density at radius 3 is 2.87 bits per heavy atom. The van der Waals surface area contributed by atoms with Crippen LogP contribution in [0.4, 0.5) is 0 Å². The summed E-state index contributed by atoms with van der Waals surface area (Å²) in [6.07, 6.45) is 1.76. The Morgan fingerprint density at radius 1 is 1.39 bits per heavy atom. The van der Waals surface area contributed by atoms with Gasteiger partial charge in [0, 0.05) is 36.0 Å². The predicted octanol–water partition coefficient (Wildman–Crippen LogP) is 2.22. The Labute approximate surface area is 145 Å². The number of rotatable bonds is 5. The number of carbonyl (C=O) groups is 1. The summed E-state index contributed by atoms with van der Waals surface area (Å²) < 4.78 is 5.18. The van der Waals surface area contributed by atoms with Crippen LogP contribution < -0.4 is 10.6 Å². The van der Waals surface area contributed by atoms with Crippen molar-refractivity contribution in [1.29, 1.82) is 0 Å². The maximum atomic E-state index is 11.8. The van der Waals surface area contributed by atoms with Crippen molar-refractivity contribution in [3.8, 4) is 11.4 Å². The van der Waals surface area contributed by atoms with Gasteiger partial charge in [0.2, 0.25) is 17.6 Å². The van der Waals surface area contributed by atoms with Gasteiger partial charge in [-0.25, -0.2) is 0 Å². The lowest BCUT2D eigenvalue weighted by atomic mass is 10.2. The van der Waals surface area contributed by atoms with Gasteiger partial charge in [-0.3, -0.25) is 4.79 Å². The van der Waals surface area contributed by atoms with E-state index in [1.54, 1.807) is 12.1 Å². The number of carbonyl (C=O) groups excluding carboxylic acids is 1. The van der Waals surface area contributed by atoms with Crippen molar-refractivity contribution in [3.05, 3.63) is 35.2 Å². The normalized spacial score (nSPS) is 16.8. The van der Waals surface area contributed by atoms with Crippen molar-refractivity contribution in [2.24, 2.45) is 0 Å². The fraction of sp³-hybridized carbons (Fsp3) is 0.400. The fourth-order valence-corrected chi connectivity index (χ4v) is 2.50. The number of aromatic nitrogens is 2. The predicted molar refractivity (Wildman–Crippen MR) is 89.7 cm³/mol. The van der Waals surface area contributed by atoms with E-state index in [0.29, 0.717) is 29.6 Å². The third-order valence-corrected chi connectivity index (χ3v) is 3.81.